The number of hydrogen-bond acceptors (Lipinski definition) is 4. The molecule has 2 rings (SSSR count). The van der Waals surface area contributed by atoms with E-state index in [0.29, 0.717) is 6.61 Å². The Hall–Kier alpha value is -1.14. The van der Waals surface area contributed by atoms with Crippen LogP contribution < -0.4 is 5.32 Å². The summed E-state index contributed by atoms with van der Waals surface area (Å²) in [6.45, 7) is 8.65. The van der Waals surface area contributed by atoms with Crippen LogP contribution in [0.4, 0.5) is 5.00 Å². The number of unbranched alkanes of at least 4 members (excludes halogenated alkanes) is 4. The largest absolute Gasteiger partial charge is 0.462 e. The first-order chi connectivity index (χ1) is 13.6. The molecule has 0 atom stereocenters. The van der Waals surface area contributed by atoms with Crippen molar-refractivity contribution in [3.63, 3.8) is 0 Å². The van der Waals surface area contributed by atoms with E-state index in [0.717, 1.165) is 60.9 Å². The molecule has 0 unspecified atom stereocenters. The van der Waals surface area contributed by atoms with Crippen LogP contribution in [0.2, 0.25) is 0 Å². The van der Waals surface area contributed by atoms with Crippen LogP contribution in [0.25, 0.3) is 0 Å². The summed E-state index contributed by atoms with van der Waals surface area (Å²) in [5.74, 6) is -0.212. The molecule has 6 heteroatoms. The molecule has 0 bridgehead atoms. The van der Waals surface area contributed by atoms with Gasteiger partial charge in [0.25, 0.3) is 0 Å². The van der Waals surface area contributed by atoms with Crippen LogP contribution in [-0.2, 0) is 17.6 Å². The van der Waals surface area contributed by atoms with Gasteiger partial charge < -0.3 is 15.0 Å². The standard InChI is InChI=1S/C22H36N2O2S2/c1-4-7-11-15-24(16-12-8-5-2)22(27)23-20-19(21(25)26-6-3)17-13-9-10-14-18(17)28-20/h4-16H2,1-3H3,(H,23,27). The SMILES string of the molecule is CCCCCN(CCCCC)C(=S)Nc1sc2c(c1C(=O)OCC)CCCC2. The second kappa shape index (κ2) is 12.4. The maximum Gasteiger partial charge on any atom is 0.341 e. The van der Waals surface area contributed by atoms with Crippen molar-refractivity contribution in [2.45, 2.75) is 85.0 Å². The van der Waals surface area contributed by atoms with Gasteiger partial charge in [-0.1, -0.05) is 39.5 Å². The molecule has 0 aromatic carbocycles. The molecule has 28 heavy (non-hydrogen) atoms. The minimum atomic E-state index is -0.212. The van der Waals surface area contributed by atoms with Crippen LogP contribution in [0, 0.1) is 0 Å². The Labute approximate surface area is 180 Å². The van der Waals surface area contributed by atoms with E-state index < -0.39 is 0 Å². The van der Waals surface area contributed by atoms with Gasteiger partial charge in [-0.3, -0.25) is 0 Å². The van der Waals surface area contributed by atoms with Gasteiger partial charge in [0.2, 0.25) is 0 Å². The van der Waals surface area contributed by atoms with Crippen molar-refractivity contribution >= 4 is 39.6 Å². The minimum absolute atomic E-state index is 0.212. The lowest BCUT2D eigenvalue weighted by Gasteiger charge is -2.26. The second-order valence-electron chi connectivity index (χ2n) is 7.47. The highest BCUT2D eigenvalue weighted by atomic mass is 32.1. The first kappa shape index (κ1) is 23.1. The average molecular weight is 425 g/mol. The van der Waals surface area contributed by atoms with E-state index in [-0.39, 0.29) is 5.97 Å². The van der Waals surface area contributed by atoms with Crippen molar-refractivity contribution in [1.82, 2.24) is 4.90 Å². The lowest BCUT2D eigenvalue weighted by atomic mass is 9.95. The lowest BCUT2D eigenvalue weighted by molar-refractivity contribution is 0.0526. The number of nitrogens with zero attached hydrogens (tertiary/aromatic N) is 1. The topological polar surface area (TPSA) is 41.6 Å². The van der Waals surface area contributed by atoms with Gasteiger partial charge in [0.1, 0.15) is 5.00 Å². The molecule has 1 N–H and O–H groups in total. The number of carbonyl (C=O) groups is 1. The van der Waals surface area contributed by atoms with Crippen LogP contribution in [0.15, 0.2) is 0 Å². The number of aryl methyl sites for hydroxylation is 1. The molecule has 158 valence electrons. The fourth-order valence-corrected chi connectivity index (χ4v) is 5.30. The molecule has 1 aliphatic carbocycles. The molecule has 0 fully saturated rings. The summed E-state index contributed by atoms with van der Waals surface area (Å²) in [5.41, 5.74) is 1.91. The number of ether oxygens (including phenoxy) is 1. The van der Waals surface area contributed by atoms with E-state index in [2.05, 4.69) is 24.1 Å². The summed E-state index contributed by atoms with van der Waals surface area (Å²) in [5, 5.41) is 5.06. The highest BCUT2D eigenvalue weighted by Crippen LogP contribution is 2.38. The van der Waals surface area contributed by atoms with E-state index in [9.17, 15) is 4.79 Å². The van der Waals surface area contributed by atoms with Crippen LogP contribution in [0.3, 0.4) is 0 Å². The zero-order chi connectivity index (χ0) is 20.4. The normalized spacial score (nSPS) is 13.1. The first-order valence-corrected chi connectivity index (χ1v) is 12.2. The molecule has 1 aliphatic rings. The molecular formula is C22H36N2O2S2. The third-order valence-corrected chi connectivity index (χ3v) is 6.79. The predicted octanol–water partition coefficient (Wildman–Crippen LogP) is 6.18. The number of fused-ring (bicyclic) bond motifs is 1. The van der Waals surface area contributed by atoms with E-state index in [1.165, 1.54) is 42.5 Å². The third kappa shape index (κ3) is 6.45. The van der Waals surface area contributed by atoms with Gasteiger partial charge in [0.15, 0.2) is 5.11 Å². The van der Waals surface area contributed by atoms with E-state index in [1.807, 2.05) is 6.92 Å². The van der Waals surface area contributed by atoms with Crippen LogP contribution in [-0.4, -0.2) is 35.7 Å². The highest BCUT2D eigenvalue weighted by molar-refractivity contribution is 7.80. The van der Waals surface area contributed by atoms with Crippen LogP contribution in [0.5, 0.6) is 0 Å². The Morgan fingerprint density at radius 1 is 1.07 bits per heavy atom. The maximum atomic E-state index is 12.7. The van der Waals surface area contributed by atoms with E-state index >= 15 is 0 Å². The van der Waals surface area contributed by atoms with Gasteiger partial charge >= 0.3 is 5.97 Å². The molecule has 0 saturated carbocycles. The molecule has 0 aliphatic heterocycles. The molecule has 4 nitrogen and oxygen atoms in total. The Morgan fingerprint density at radius 3 is 2.32 bits per heavy atom. The number of thiophene rings is 1. The van der Waals surface area contributed by atoms with Crippen molar-refractivity contribution in [2.24, 2.45) is 0 Å². The zero-order valence-corrected chi connectivity index (χ0v) is 19.4. The summed E-state index contributed by atoms with van der Waals surface area (Å²) in [6, 6.07) is 0. The minimum Gasteiger partial charge on any atom is -0.462 e. The summed E-state index contributed by atoms with van der Waals surface area (Å²) >= 11 is 7.47. The molecule has 0 saturated heterocycles. The Kier molecular flexibility index (Phi) is 10.3. The smallest absolute Gasteiger partial charge is 0.341 e. The summed E-state index contributed by atoms with van der Waals surface area (Å²) in [4.78, 5) is 16.3. The first-order valence-electron chi connectivity index (χ1n) is 11.0. The number of nitrogens with one attached hydrogen (secondary N) is 1. The fourth-order valence-electron chi connectivity index (χ4n) is 3.67. The average Bonchev–Trinajstić information content (AvgIpc) is 3.05. The molecule has 1 aromatic rings. The number of thiocarbonyl (C=S) groups is 1. The van der Waals surface area contributed by atoms with Crippen LogP contribution >= 0.6 is 23.6 Å². The number of hydrogen-bond donors (Lipinski definition) is 1. The number of carbonyl (C=O) groups excluding carboxylic acids is 1. The highest BCUT2D eigenvalue weighted by Gasteiger charge is 2.27. The number of esters is 1. The molecule has 0 radical (unpaired) electrons. The Bertz CT molecular complexity index is 633. The molecule has 0 amide bonds. The van der Waals surface area contributed by atoms with Crippen LogP contribution in [0.1, 0.15) is 92.9 Å². The molecule has 1 heterocycles. The van der Waals surface area contributed by atoms with Crippen molar-refractivity contribution in [3.8, 4) is 0 Å². The monoisotopic (exact) mass is 424 g/mol. The predicted molar refractivity (Wildman–Crippen MR) is 124 cm³/mol. The van der Waals surface area contributed by atoms with Crippen molar-refractivity contribution in [1.29, 1.82) is 0 Å². The number of rotatable bonds is 11. The van der Waals surface area contributed by atoms with Gasteiger partial charge in [-0.25, -0.2) is 4.79 Å². The maximum absolute atomic E-state index is 12.7. The third-order valence-electron chi connectivity index (χ3n) is 5.22. The second-order valence-corrected chi connectivity index (χ2v) is 8.96. The van der Waals surface area contributed by atoms with Crippen molar-refractivity contribution in [3.05, 3.63) is 16.0 Å². The van der Waals surface area contributed by atoms with E-state index in [1.54, 1.807) is 11.3 Å². The summed E-state index contributed by atoms with van der Waals surface area (Å²) in [7, 11) is 0. The van der Waals surface area contributed by atoms with Gasteiger partial charge in [-0.15, -0.1) is 11.3 Å². The van der Waals surface area contributed by atoms with Crippen molar-refractivity contribution in [2.75, 3.05) is 25.0 Å². The van der Waals surface area contributed by atoms with Gasteiger partial charge in [-0.05, 0) is 63.2 Å². The lowest BCUT2D eigenvalue weighted by Crippen LogP contribution is -2.36. The summed E-state index contributed by atoms with van der Waals surface area (Å²) < 4.78 is 5.36. The molecule has 1 aromatic heterocycles. The fraction of sp³-hybridized carbons (Fsp3) is 0.727. The number of anilines is 1. The van der Waals surface area contributed by atoms with Crippen molar-refractivity contribution < 1.29 is 9.53 Å². The molecule has 0 spiro atoms. The quantitative estimate of drug-likeness (QED) is 0.261. The summed E-state index contributed by atoms with van der Waals surface area (Å²) in [6.07, 6.45) is 11.5. The Morgan fingerprint density at radius 2 is 1.71 bits per heavy atom. The van der Waals surface area contributed by atoms with Gasteiger partial charge in [0.05, 0.1) is 12.2 Å². The van der Waals surface area contributed by atoms with E-state index in [4.69, 9.17) is 17.0 Å². The zero-order valence-electron chi connectivity index (χ0n) is 17.8. The van der Waals surface area contributed by atoms with Gasteiger partial charge in [-0.2, -0.15) is 0 Å². The van der Waals surface area contributed by atoms with Gasteiger partial charge in [0, 0.05) is 18.0 Å². The Balaban J connectivity index is 2.16. The molecular weight excluding hydrogens is 388 g/mol.